The van der Waals surface area contributed by atoms with Crippen LogP contribution in [0.2, 0.25) is 0 Å². The third-order valence-electron chi connectivity index (χ3n) is 4.90. The highest BCUT2D eigenvalue weighted by atomic mass is 16.6. The fraction of sp³-hybridized carbons (Fsp3) is 0.409. The van der Waals surface area contributed by atoms with Gasteiger partial charge < -0.3 is 14.4 Å². The lowest BCUT2D eigenvalue weighted by Crippen LogP contribution is -2.41. The summed E-state index contributed by atoms with van der Waals surface area (Å²) in [7, 11) is 2.00. The first-order chi connectivity index (χ1) is 13.1. The van der Waals surface area contributed by atoms with Crippen LogP contribution in [-0.4, -0.2) is 49.1 Å². The molecular weight excluding hydrogens is 340 g/mol. The molecule has 2 aromatic carbocycles. The van der Waals surface area contributed by atoms with Crippen LogP contribution in [0.4, 0.5) is 0 Å². The average molecular weight is 368 g/mol. The van der Waals surface area contributed by atoms with E-state index in [4.69, 9.17) is 9.47 Å². The van der Waals surface area contributed by atoms with E-state index >= 15 is 0 Å². The highest BCUT2D eigenvalue weighted by Crippen LogP contribution is 2.32. The van der Waals surface area contributed by atoms with Gasteiger partial charge in [0.1, 0.15) is 19.3 Å². The number of hydrogen-bond acceptors (Lipinski definition) is 4. The Bertz CT molecular complexity index is 759. The minimum Gasteiger partial charge on any atom is -0.486 e. The molecule has 1 amide bonds. The van der Waals surface area contributed by atoms with Gasteiger partial charge in [0.05, 0.1) is 0 Å². The number of ether oxygens (including phenoxy) is 2. The van der Waals surface area contributed by atoms with E-state index in [2.05, 4.69) is 4.90 Å². The van der Waals surface area contributed by atoms with Crippen molar-refractivity contribution in [2.45, 2.75) is 26.4 Å². The monoisotopic (exact) mass is 368 g/mol. The Balaban J connectivity index is 1.84. The second kappa shape index (κ2) is 8.91. The molecule has 2 aromatic rings. The lowest BCUT2D eigenvalue weighted by Gasteiger charge is -2.32. The van der Waals surface area contributed by atoms with Crippen LogP contribution in [0.5, 0.6) is 11.5 Å². The van der Waals surface area contributed by atoms with Gasteiger partial charge in [0, 0.05) is 19.6 Å². The zero-order chi connectivity index (χ0) is 19.2. The third kappa shape index (κ3) is 4.42. The van der Waals surface area contributed by atoms with Gasteiger partial charge in [-0.1, -0.05) is 36.4 Å². The molecule has 27 heavy (non-hydrogen) atoms. The Morgan fingerprint density at radius 3 is 2.33 bits per heavy atom. The van der Waals surface area contributed by atoms with Crippen molar-refractivity contribution < 1.29 is 14.3 Å². The van der Waals surface area contributed by atoms with Gasteiger partial charge in [-0.3, -0.25) is 9.69 Å². The van der Waals surface area contributed by atoms with E-state index < -0.39 is 0 Å². The van der Waals surface area contributed by atoms with Crippen molar-refractivity contribution in [3.8, 4) is 11.5 Å². The Labute approximate surface area is 161 Å². The SMILES string of the molecule is CCN(CC)C(=O)C(c1ccccc1)N(C)Cc1ccc2c(c1)OCCO2. The molecule has 0 radical (unpaired) electrons. The lowest BCUT2D eigenvalue weighted by molar-refractivity contribution is -0.136. The van der Waals surface area contributed by atoms with Crippen LogP contribution in [-0.2, 0) is 11.3 Å². The minimum atomic E-state index is -0.320. The maximum atomic E-state index is 13.2. The maximum Gasteiger partial charge on any atom is 0.244 e. The van der Waals surface area contributed by atoms with E-state index in [0.29, 0.717) is 32.8 Å². The van der Waals surface area contributed by atoms with E-state index in [-0.39, 0.29) is 11.9 Å². The quantitative estimate of drug-likeness (QED) is 0.750. The van der Waals surface area contributed by atoms with E-state index in [0.717, 1.165) is 22.6 Å². The largest absolute Gasteiger partial charge is 0.486 e. The van der Waals surface area contributed by atoms with Crippen LogP contribution in [0.1, 0.15) is 31.0 Å². The number of hydrogen-bond donors (Lipinski definition) is 0. The fourth-order valence-electron chi connectivity index (χ4n) is 3.49. The number of likely N-dealkylation sites (N-methyl/N-ethyl adjacent to an activating group) is 2. The molecule has 0 fully saturated rings. The summed E-state index contributed by atoms with van der Waals surface area (Å²) in [5.41, 5.74) is 2.10. The molecule has 0 aromatic heterocycles. The van der Waals surface area contributed by atoms with Crippen LogP contribution in [0.25, 0.3) is 0 Å². The summed E-state index contributed by atoms with van der Waals surface area (Å²) >= 11 is 0. The molecule has 3 rings (SSSR count). The molecule has 5 heteroatoms. The smallest absolute Gasteiger partial charge is 0.244 e. The third-order valence-corrected chi connectivity index (χ3v) is 4.90. The number of rotatable bonds is 7. The predicted octanol–water partition coefficient (Wildman–Crippen LogP) is 3.50. The van der Waals surface area contributed by atoms with Crippen molar-refractivity contribution in [2.24, 2.45) is 0 Å². The number of carbonyl (C=O) groups is 1. The van der Waals surface area contributed by atoms with Crippen LogP contribution in [0.15, 0.2) is 48.5 Å². The Kier molecular flexibility index (Phi) is 6.35. The van der Waals surface area contributed by atoms with Gasteiger partial charge in [0.25, 0.3) is 0 Å². The van der Waals surface area contributed by atoms with Crippen molar-refractivity contribution in [3.63, 3.8) is 0 Å². The molecule has 144 valence electrons. The molecule has 0 aliphatic carbocycles. The van der Waals surface area contributed by atoms with E-state index in [1.165, 1.54) is 0 Å². The van der Waals surface area contributed by atoms with Crippen molar-refractivity contribution in [1.29, 1.82) is 0 Å². The highest BCUT2D eigenvalue weighted by Gasteiger charge is 2.28. The summed E-state index contributed by atoms with van der Waals surface area (Å²) < 4.78 is 11.3. The summed E-state index contributed by atoms with van der Waals surface area (Å²) in [4.78, 5) is 17.2. The maximum absolute atomic E-state index is 13.2. The second-order valence-electron chi connectivity index (χ2n) is 6.72. The molecule has 0 bridgehead atoms. The molecule has 0 spiro atoms. The first-order valence-corrected chi connectivity index (χ1v) is 9.56. The summed E-state index contributed by atoms with van der Waals surface area (Å²) in [5, 5.41) is 0. The second-order valence-corrected chi connectivity index (χ2v) is 6.72. The van der Waals surface area contributed by atoms with Crippen LogP contribution >= 0.6 is 0 Å². The van der Waals surface area contributed by atoms with Gasteiger partial charge in [-0.15, -0.1) is 0 Å². The van der Waals surface area contributed by atoms with E-state index in [1.807, 2.05) is 74.3 Å². The van der Waals surface area contributed by atoms with Gasteiger partial charge in [0.2, 0.25) is 5.91 Å². The first-order valence-electron chi connectivity index (χ1n) is 9.56. The van der Waals surface area contributed by atoms with Gasteiger partial charge in [-0.05, 0) is 44.2 Å². The first kappa shape index (κ1) is 19.2. The average Bonchev–Trinajstić information content (AvgIpc) is 2.70. The molecule has 1 aliphatic heterocycles. The molecular formula is C22H28N2O3. The normalized spacial score (nSPS) is 14.1. The van der Waals surface area contributed by atoms with Crippen LogP contribution in [0.3, 0.4) is 0 Å². The zero-order valence-corrected chi connectivity index (χ0v) is 16.4. The number of benzene rings is 2. The topological polar surface area (TPSA) is 42.0 Å². The van der Waals surface area contributed by atoms with Gasteiger partial charge in [-0.25, -0.2) is 0 Å². The highest BCUT2D eigenvalue weighted by molar-refractivity contribution is 5.83. The fourth-order valence-corrected chi connectivity index (χ4v) is 3.49. The zero-order valence-electron chi connectivity index (χ0n) is 16.4. The predicted molar refractivity (Wildman–Crippen MR) is 106 cm³/mol. The van der Waals surface area contributed by atoms with Gasteiger partial charge in [-0.2, -0.15) is 0 Å². The summed E-state index contributed by atoms with van der Waals surface area (Å²) in [6.45, 7) is 7.24. The number of fused-ring (bicyclic) bond motifs is 1. The van der Waals surface area contributed by atoms with Crippen LogP contribution < -0.4 is 9.47 Å². The summed E-state index contributed by atoms with van der Waals surface area (Å²) in [6.07, 6.45) is 0. The number of carbonyl (C=O) groups excluding carboxylic acids is 1. The van der Waals surface area contributed by atoms with Gasteiger partial charge >= 0.3 is 0 Å². The van der Waals surface area contributed by atoms with E-state index in [1.54, 1.807) is 0 Å². The lowest BCUT2D eigenvalue weighted by atomic mass is 10.0. The summed E-state index contributed by atoms with van der Waals surface area (Å²) in [5.74, 6) is 1.69. The molecule has 5 nitrogen and oxygen atoms in total. The molecule has 0 saturated carbocycles. The van der Waals surface area contributed by atoms with Crippen LogP contribution in [0, 0.1) is 0 Å². The Morgan fingerprint density at radius 2 is 1.67 bits per heavy atom. The Hall–Kier alpha value is -2.53. The molecule has 0 saturated heterocycles. The van der Waals surface area contributed by atoms with Crippen molar-refractivity contribution in [3.05, 3.63) is 59.7 Å². The molecule has 1 heterocycles. The van der Waals surface area contributed by atoms with Crippen molar-refractivity contribution in [1.82, 2.24) is 9.80 Å². The van der Waals surface area contributed by atoms with Crippen molar-refractivity contribution >= 4 is 5.91 Å². The van der Waals surface area contributed by atoms with Gasteiger partial charge in [0.15, 0.2) is 11.5 Å². The molecule has 1 atom stereocenters. The standard InChI is InChI=1S/C22H28N2O3/c1-4-24(5-2)22(25)21(18-9-7-6-8-10-18)23(3)16-17-11-12-19-20(15-17)27-14-13-26-19/h6-12,15,21H,4-5,13-14,16H2,1-3H3. The Morgan fingerprint density at radius 1 is 1.00 bits per heavy atom. The number of nitrogens with zero attached hydrogens (tertiary/aromatic N) is 2. The van der Waals surface area contributed by atoms with Crippen molar-refractivity contribution in [2.75, 3.05) is 33.4 Å². The minimum absolute atomic E-state index is 0.131. The van der Waals surface area contributed by atoms with E-state index in [9.17, 15) is 4.79 Å². The molecule has 0 N–H and O–H groups in total. The number of amides is 1. The summed E-state index contributed by atoms with van der Waals surface area (Å²) in [6, 6.07) is 15.6. The molecule has 1 unspecified atom stereocenters. The molecule has 1 aliphatic rings.